The first-order valence-corrected chi connectivity index (χ1v) is 17.5. The number of alkyl halides is 2. The molecule has 7 nitrogen and oxygen atoms in total. The van der Waals surface area contributed by atoms with Crippen molar-refractivity contribution in [1.29, 1.82) is 0 Å². The molecule has 3 rings (SSSR count). The van der Waals surface area contributed by atoms with Crippen LogP contribution < -0.4 is 17.7 Å². The monoisotopic (exact) mass is 662 g/mol. The van der Waals surface area contributed by atoms with Crippen LogP contribution in [0.1, 0.15) is 58.3 Å². The first kappa shape index (κ1) is 26.3. The SMILES string of the molecule is CCCNC[C@@H](CI)C1=NN(C2CCCCC2)C[C@@H](CN[C@H](O)CI2NCCCN2)C1. The van der Waals surface area contributed by atoms with Crippen molar-refractivity contribution < 1.29 is 5.11 Å². The first-order chi connectivity index (χ1) is 15.2. The van der Waals surface area contributed by atoms with Gasteiger partial charge in [-0.2, -0.15) is 0 Å². The number of hydrogen-bond donors (Lipinski definition) is 5. The minimum atomic E-state index is -1.38. The molecular weight excluding hydrogens is 618 g/mol. The van der Waals surface area contributed by atoms with Crippen LogP contribution in [0.4, 0.5) is 0 Å². The molecule has 2 fully saturated rings. The summed E-state index contributed by atoms with van der Waals surface area (Å²) >= 11 is 1.15. The molecule has 182 valence electrons. The zero-order valence-electron chi connectivity index (χ0n) is 19.2. The number of rotatable bonds is 12. The Bertz CT molecular complexity index is 528. The fraction of sp³-hybridized carbons (Fsp3) is 0.955. The van der Waals surface area contributed by atoms with E-state index < -0.39 is 26.6 Å². The van der Waals surface area contributed by atoms with Crippen molar-refractivity contribution in [3.63, 3.8) is 0 Å². The van der Waals surface area contributed by atoms with Crippen molar-refractivity contribution >= 4 is 48.7 Å². The Balaban J connectivity index is 1.56. The molecule has 9 heteroatoms. The van der Waals surface area contributed by atoms with Crippen molar-refractivity contribution in [3.05, 3.63) is 0 Å². The Morgan fingerprint density at radius 3 is 2.71 bits per heavy atom. The summed E-state index contributed by atoms with van der Waals surface area (Å²) in [7, 11) is 0. The van der Waals surface area contributed by atoms with Gasteiger partial charge < -0.3 is 0 Å². The van der Waals surface area contributed by atoms with E-state index in [1.807, 2.05) is 0 Å². The number of nitrogens with zero attached hydrogens (tertiary/aromatic N) is 2. The number of aliphatic hydroxyl groups excluding tert-OH is 1. The quantitative estimate of drug-likeness (QED) is 0.0728. The van der Waals surface area contributed by atoms with E-state index in [9.17, 15) is 5.11 Å². The van der Waals surface area contributed by atoms with Crippen LogP contribution in [-0.2, 0) is 0 Å². The van der Waals surface area contributed by atoms with Gasteiger partial charge >= 0.3 is 205 Å². The van der Waals surface area contributed by atoms with Gasteiger partial charge in [0.15, 0.2) is 0 Å². The van der Waals surface area contributed by atoms with E-state index >= 15 is 0 Å². The van der Waals surface area contributed by atoms with Gasteiger partial charge in [0.1, 0.15) is 0 Å². The molecule has 2 heterocycles. The molecule has 1 saturated heterocycles. The van der Waals surface area contributed by atoms with Crippen molar-refractivity contribution in [2.24, 2.45) is 16.9 Å². The van der Waals surface area contributed by atoms with Gasteiger partial charge in [0.05, 0.1) is 0 Å². The maximum absolute atomic E-state index is 10.6. The van der Waals surface area contributed by atoms with Gasteiger partial charge in [0.25, 0.3) is 0 Å². The van der Waals surface area contributed by atoms with Crippen molar-refractivity contribution in [2.45, 2.75) is 70.6 Å². The van der Waals surface area contributed by atoms with E-state index in [1.54, 1.807) is 0 Å². The number of nitrogens with one attached hydrogen (secondary N) is 4. The normalized spacial score (nSPS) is 26.5. The molecule has 0 unspecified atom stereocenters. The van der Waals surface area contributed by atoms with Crippen molar-refractivity contribution in [2.75, 3.05) is 48.1 Å². The predicted octanol–water partition coefficient (Wildman–Crippen LogP) is 2.88. The minimum absolute atomic E-state index is 0.402. The zero-order valence-corrected chi connectivity index (χ0v) is 23.5. The molecule has 1 saturated carbocycles. The summed E-state index contributed by atoms with van der Waals surface area (Å²) < 4.78 is 9.18. The molecule has 0 aromatic rings. The van der Waals surface area contributed by atoms with Gasteiger partial charge in [0, 0.05) is 0 Å². The van der Waals surface area contributed by atoms with Gasteiger partial charge in [-0.3, -0.25) is 0 Å². The van der Waals surface area contributed by atoms with E-state index in [0.29, 0.717) is 17.9 Å². The van der Waals surface area contributed by atoms with Crippen molar-refractivity contribution in [1.82, 2.24) is 22.7 Å². The fourth-order valence-corrected chi connectivity index (χ4v) is 9.61. The predicted molar refractivity (Wildman–Crippen MR) is 148 cm³/mol. The van der Waals surface area contributed by atoms with Gasteiger partial charge in [-0.25, -0.2) is 0 Å². The van der Waals surface area contributed by atoms with Crippen LogP contribution in [-0.4, -0.2) is 76.2 Å². The Morgan fingerprint density at radius 2 is 2.00 bits per heavy atom. The van der Waals surface area contributed by atoms with Crippen LogP contribution in [0.5, 0.6) is 0 Å². The Labute approximate surface area is 210 Å². The molecule has 31 heavy (non-hydrogen) atoms. The second kappa shape index (κ2) is 14.9. The second-order valence-electron chi connectivity index (χ2n) is 9.19. The average Bonchev–Trinajstić information content (AvgIpc) is 2.81. The van der Waals surface area contributed by atoms with E-state index in [1.165, 1.54) is 50.7 Å². The third-order valence-electron chi connectivity index (χ3n) is 6.48. The van der Waals surface area contributed by atoms with Crippen LogP contribution in [0.15, 0.2) is 5.10 Å². The molecule has 0 radical (unpaired) electrons. The van der Waals surface area contributed by atoms with Gasteiger partial charge in [-0.1, -0.05) is 6.92 Å². The third kappa shape index (κ3) is 9.12. The average molecular weight is 662 g/mol. The molecule has 0 amide bonds. The third-order valence-corrected chi connectivity index (χ3v) is 12.2. The van der Waals surface area contributed by atoms with E-state index in [2.05, 4.69) is 52.2 Å². The Kier molecular flexibility index (Phi) is 12.6. The molecule has 3 aliphatic rings. The topological polar surface area (TPSA) is 84.0 Å². The molecule has 2 aliphatic heterocycles. The van der Waals surface area contributed by atoms with E-state index in [0.717, 1.165) is 54.5 Å². The molecule has 0 aromatic carbocycles. The van der Waals surface area contributed by atoms with Crippen LogP contribution in [0.25, 0.3) is 0 Å². The van der Waals surface area contributed by atoms with Gasteiger partial charge in [-0.15, -0.1) is 0 Å². The molecule has 3 atom stereocenters. The van der Waals surface area contributed by atoms with Crippen LogP contribution in [0, 0.1) is 11.8 Å². The molecular formula is C22H44I2N6O. The molecule has 1 aliphatic carbocycles. The molecule has 5 N–H and O–H groups in total. The zero-order chi connectivity index (χ0) is 21.9. The summed E-state index contributed by atoms with van der Waals surface area (Å²) in [6.45, 7) is 8.45. The number of hydrogen-bond acceptors (Lipinski definition) is 7. The summed E-state index contributed by atoms with van der Waals surface area (Å²) in [6.07, 6.45) is 9.66. The number of hydrazone groups is 1. The van der Waals surface area contributed by atoms with Crippen LogP contribution in [0.2, 0.25) is 0 Å². The fourth-order valence-electron chi connectivity index (χ4n) is 4.69. The summed E-state index contributed by atoms with van der Waals surface area (Å²) in [5, 5.41) is 25.4. The van der Waals surface area contributed by atoms with E-state index in [-0.39, 0.29) is 0 Å². The van der Waals surface area contributed by atoms with Gasteiger partial charge in [0.2, 0.25) is 0 Å². The summed E-state index contributed by atoms with van der Waals surface area (Å²) in [4.78, 5) is 0. The summed E-state index contributed by atoms with van der Waals surface area (Å²) in [5.74, 6) is 1.03. The second-order valence-corrected chi connectivity index (χ2v) is 14.5. The summed E-state index contributed by atoms with van der Waals surface area (Å²) in [5.41, 5.74) is 1.38. The summed E-state index contributed by atoms with van der Waals surface area (Å²) in [6, 6.07) is 0.610. The first-order valence-electron chi connectivity index (χ1n) is 12.3. The van der Waals surface area contributed by atoms with E-state index in [4.69, 9.17) is 5.10 Å². The Hall–Kier alpha value is 0.730. The van der Waals surface area contributed by atoms with Crippen LogP contribution >= 0.6 is 43.0 Å². The molecule has 0 aromatic heterocycles. The van der Waals surface area contributed by atoms with Gasteiger partial charge in [-0.05, 0) is 0 Å². The standard InChI is InChI=1S/C22H44I2N6O/c1-2-9-25-16-19(13-23)21-12-18(17-30(29-21)20-7-4-3-5-8-20)15-26-22(31)14-24-27-10-6-11-28-24/h18-20,22,25-28,31H,2-17H2,1H3/t18-,19-,22-/m1/s1. The van der Waals surface area contributed by atoms with Crippen LogP contribution in [0.3, 0.4) is 0 Å². The Morgan fingerprint density at radius 1 is 1.23 bits per heavy atom. The van der Waals surface area contributed by atoms with Crippen molar-refractivity contribution in [3.8, 4) is 0 Å². The maximum atomic E-state index is 10.6. The molecule has 0 spiro atoms. The molecule has 0 bridgehead atoms. The number of aliphatic hydroxyl groups is 1. The number of halogens is 2.